The molecule has 0 bridgehead atoms. The molecule has 0 aliphatic carbocycles. The molecule has 0 radical (unpaired) electrons. The van der Waals surface area contributed by atoms with E-state index < -0.39 is 5.82 Å². The zero-order chi connectivity index (χ0) is 10.6. The minimum absolute atomic E-state index is 0.288. The summed E-state index contributed by atoms with van der Waals surface area (Å²) in [6, 6.07) is 4.72. The summed E-state index contributed by atoms with van der Waals surface area (Å²) < 4.78 is 13.2. The summed E-state index contributed by atoms with van der Waals surface area (Å²) in [4.78, 5) is 10.0. The number of aldehydes is 1. The molecule has 70 valence electrons. The predicted molar refractivity (Wildman–Crippen MR) is 51.0 cm³/mol. The topological polar surface area (TPSA) is 40.9 Å². The van der Waals surface area contributed by atoms with Crippen molar-refractivity contribution in [2.24, 2.45) is 0 Å². The van der Waals surface area contributed by atoms with Crippen molar-refractivity contribution in [3.63, 3.8) is 0 Å². The molecule has 1 aromatic carbocycles. The number of hydrogen-bond donors (Lipinski definition) is 0. The first kappa shape index (κ1) is 10.1. The number of carbonyl (C=O) groups is 1. The molecular formula is C11H8FNO. The standard InChI is InChI=1S/C11H8FNO/c1-8-10(7-13)5-9(3-2-4-14)6-11(8)12/h2-6H,1H3/b3-2+. The Morgan fingerprint density at radius 3 is 2.79 bits per heavy atom. The van der Waals surface area contributed by atoms with E-state index in [0.29, 0.717) is 17.4 Å². The van der Waals surface area contributed by atoms with Gasteiger partial charge < -0.3 is 0 Å². The Kier molecular flexibility index (Phi) is 3.14. The van der Waals surface area contributed by atoms with Gasteiger partial charge in [-0.05, 0) is 30.7 Å². The molecule has 2 nitrogen and oxygen atoms in total. The number of nitriles is 1. The second kappa shape index (κ2) is 4.33. The molecule has 0 unspecified atom stereocenters. The Labute approximate surface area is 81.3 Å². The fourth-order valence-electron chi connectivity index (χ4n) is 1.06. The van der Waals surface area contributed by atoms with Gasteiger partial charge in [-0.2, -0.15) is 5.26 Å². The van der Waals surface area contributed by atoms with Crippen molar-refractivity contribution in [1.29, 1.82) is 5.26 Å². The first-order valence-electron chi connectivity index (χ1n) is 4.01. The molecule has 0 heterocycles. The summed E-state index contributed by atoms with van der Waals surface area (Å²) in [5.41, 5.74) is 1.13. The van der Waals surface area contributed by atoms with Crippen LogP contribution in [0, 0.1) is 24.1 Å². The lowest BCUT2D eigenvalue weighted by Crippen LogP contribution is -1.89. The SMILES string of the molecule is Cc1c(F)cc(/C=C/C=O)cc1C#N. The van der Waals surface area contributed by atoms with Gasteiger partial charge in [-0.1, -0.05) is 6.08 Å². The van der Waals surface area contributed by atoms with Crippen molar-refractivity contribution in [1.82, 2.24) is 0 Å². The number of carbonyl (C=O) groups excluding carboxylic acids is 1. The second-order valence-electron chi connectivity index (χ2n) is 2.78. The van der Waals surface area contributed by atoms with Crippen LogP contribution in [0.5, 0.6) is 0 Å². The Balaban J connectivity index is 3.24. The van der Waals surface area contributed by atoms with Crippen LogP contribution in [0.4, 0.5) is 4.39 Å². The average molecular weight is 189 g/mol. The van der Waals surface area contributed by atoms with Crippen LogP contribution in [0.1, 0.15) is 16.7 Å². The molecule has 0 fully saturated rings. The van der Waals surface area contributed by atoms with Crippen LogP contribution in [0.15, 0.2) is 18.2 Å². The van der Waals surface area contributed by atoms with Gasteiger partial charge in [0, 0.05) is 5.56 Å². The zero-order valence-corrected chi connectivity index (χ0v) is 7.62. The van der Waals surface area contributed by atoms with Crippen molar-refractivity contribution >= 4 is 12.4 Å². The monoisotopic (exact) mass is 189 g/mol. The van der Waals surface area contributed by atoms with Crippen LogP contribution in [-0.2, 0) is 4.79 Å². The summed E-state index contributed by atoms with van der Waals surface area (Å²) in [7, 11) is 0. The molecule has 3 heteroatoms. The highest BCUT2D eigenvalue weighted by Gasteiger charge is 2.04. The molecule has 1 rings (SSSR count). The van der Waals surface area contributed by atoms with E-state index in [1.165, 1.54) is 18.2 Å². The molecule has 0 N–H and O–H groups in total. The lowest BCUT2D eigenvalue weighted by molar-refractivity contribution is -0.104. The molecular weight excluding hydrogens is 181 g/mol. The predicted octanol–water partition coefficient (Wildman–Crippen LogP) is 2.22. The third-order valence-electron chi connectivity index (χ3n) is 1.85. The van der Waals surface area contributed by atoms with Crippen molar-refractivity contribution < 1.29 is 9.18 Å². The average Bonchev–Trinajstić information content (AvgIpc) is 2.19. The van der Waals surface area contributed by atoms with Crippen LogP contribution in [-0.4, -0.2) is 6.29 Å². The lowest BCUT2D eigenvalue weighted by atomic mass is 10.1. The van der Waals surface area contributed by atoms with Gasteiger partial charge >= 0.3 is 0 Å². The van der Waals surface area contributed by atoms with E-state index in [1.54, 1.807) is 13.0 Å². The molecule has 0 atom stereocenters. The van der Waals surface area contributed by atoms with Gasteiger partial charge in [-0.15, -0.1) is 0 Å². The first-order chi connectivity index (χ1) is 6.69. The van der Waals surface area contributed by atoms with Crippen LogP contribution in [0.2, 0.25) is 0 Å². The van der Waals surface area contributed by atoms with Gasteiger partial charge in [0.25, 0.3) is 0 Å². The molecule has 0 amide bonds. The Morgan fingerprint density at radius 1 is 1.50 bits per heavy atom. The number of nitrogens with zero attached hydrogens (tertiary/aromatic N) is 1. The lowest BCUT2D eigenvalue weighted by Gasteiger charge is -2.00. The Hall–Kier alpha value is -1.95. The first-order valence-corrected chi connectivity index (χ1v) is 4.01. The molecule has 0 saturated heterocycles. The Morgan fingerprint density at radius 2 is 2.21 bits per heavy atom. The number of benzene rings is 1. The van der Waals surface area contributed by atoms with E-state index in [0.717, 1.165) is 0 Å². The normalized spacial score (nSPS) is 10.1. The Bertz CT molecular complexity index is 430. The van der Waals surface area contributed by atoms with Gasteiger partial charge in [0.05, 0.1) is 11.6 Å². The van der Waals surface area contributed by atoms with E-state index in [-0.39, 0.29) is 5.56 Å². The van der Waals surface area contributed by atoms with Gasteiger partial charge in [0.1, 0.15) is 12.1 Å². The number of halogens is 1. The highest BCUT2D eigenvalue weighted by molar-refractivity contribution is 5.74. The third kappa shape index (κ3) is 2.05. The minimum atomic E-state index is -0.436. The van der Waals surface area contributed by atoms with Gasteiger partial charge in [-0.3, -0.25) is 4.79 Å². The smallest absolute Gasteiger partial charge is 0.142 e. The van der Waals surface area contributed by atoms with Crippen LogP contribution >= 0.6 is 0 Å². The van der Waals surface area contributed by atoms with E-state index in [2.05, 4.69) is 0 Å². The third-order valence-corrected chi connectivity index (χ3v) is 1.85. The summed E-state index contributed by atoms with van der Waals surface area (Å²) in [5, 5.41) is 8.68. The molecule has 0 aliphatic rings. The minimum Gasteiger partial charge on any atom is -0.299 e. The highest BCUT2D eigenvalue weighted by atomic mass is 19.1. The molecule has 0 saturated carbocycles. The van der Waals surface area contributed by atoms with Crippen molar-refractivity contribution in [2.45, 2.75) is 6.92 Å². The molecule has 0 aliphatic heterocycles. The second-order valence-corrected chi connectivity index (χ2v) is 2.78. The fraction of sp³-hybridized carbons (Fsp3) is 0.0909. The molecule has 0 spiro atoms. The highest BCUT2D eigenvalue weighted by Crippen LogP contribution is 2.15. The largest absolute Gasteiger partial charge is 0.299 e. The van der Waals surface area contributed by atoms with Gasteiger partial charge in [0.15, 0.2) is 0 Å². The maximum absolute atomic E-state index is 13.2. The summed E-state index contributed by atoms with van der Waals surface area (Å²) >= 11 is 0. The van der Waals surface area contributed by atoms with Crippen molar-refractivity contribution in [2.75, 3.05) is 0 Å². The number of rotatable bonds is 2. The van der Waals surface area contributed by atoms with E-state index in [4.69, 9.17) is 5.26 Å². The molecule has 1 aromatic rings. The maximum Gasteiger partial charge on any atom is 0.142 e. The van der Waals surface area contributed by atoms with Crippen LogP contribution in [0.3, 0.4) is 0 Å². The number of allylic oxidation sites excluding steroid dienone is 1. The maximum atomic E-state index is 13.2. The van der Waals surface area contributed by atoms with Crippen molar-refractivity contribution in [3.8, 4) is 6.07 Å². The van der Waals surface area contributed by atoms with E-state index in [9.17, 15) is 9.18 Å². The van der Waals surface area contributed by atoms with Crippen molar-refractivity contribution in [3.05, 3.63) is 40.7 Å². The van der Waals surface area contributed by atoms with Crippen LogP contribution < -0.4 is 0 Å². The van der Waals surface area contributed by atoms with Gasteiger partial charge in [-0.25, -0.2) is 4.39 Å². The summed E-state index contributed by atoms with van der Waals surface area (Å²) in [6.07, 6.45) is 3.31. The quantitative estimate of drug-likeness (QED) is 0.528. The summed E-state index contributed by atoms with van der Waals surface area (Å²) in [6.45, 7) is 1.54. The van der Waals surface area contributed by atoms with Crippen LogP contribution in [0.25, 0.3) is 6.08 Å². The van der Waals surface area contributed by atoms with Gasteiger partial charge in [0.2, 0.25) is 0 Å². The van der Waals surface area contributed by atoms with E-state index >= 15 is 0 Å². The number of hydrogen-bond acceptors (Lipinski definition) is 2. The molecule has 14 heavy (non-hydrogen) atoms. The van der Waals surface area contributed by atoms with E-state index in [1.807, 2.05) is 6.07 Å². The summed E-state index contributed by atoms with van der Waals surface area (Å²) in [5.74, 6) is -0.436. The molecule has 0 aromatic heterocycles. The zero-order valence-electron chi connectivity index (χ0n) is 7.62. The fourth-order valence-corrected chi connectivity index (χ4v) is 1.06.